The topological polar surface area (TPSA) is 58.2 Å². The Morgan fingerprint density at radius 3 is 2.59 bits per heavy atom. The Morgan fingerprint density at radius 2 is 2.00 bits per heavy atom. The normalized spacial score (nSPS) is 14.4. The highest BCUT2D eigenvalue weighted by Crippen LogP contribution is 2.39. The van der Waals surface area contributed by atoms with Crippen LogP contribution in [0.2, 0.25) is 0 Å². The Bertz CT molecular complexity index is 1010. The number of pyridine rings is 1. The van der Waals surface area contributed by atoms with E-state index in [1.54, 1.807) is 0 Å². The molecule has 2 heterocycles. The summed E-state index contributed by atoms with van der Waals surface area (Å²) in [5.41, 5.74) is 5.54. The molecule has 0 aliphatic heterocycles. The van der Waals surface area contributed by atoms with Gasteiger partial charge < -0.3 is 0 Å². The van der Waals surface area contributed by atoms with E-state index in [1.807, 2.05) is 48.0 Å². The minimum Gasteiger partial charge on any atom is -0.300 e. The Labute approximate surface area is 173 Å². The number of Topliss-reactive ketones (excluding diaryl/α,β-unsaturated/α-hetero) is 1. The number of nitrogens with zero attached hydrogens (tertiary/aromatic N) is 3. The summed E-state index contributed by atoms with van der Waals surface area (Å²) in [4.78, 5) is 11.2. The van der Waals surface area contributed by atoms with E-state index < -0.39 is 0 Å². The molecule has 4 heteroatoms. The first-order chi connectivity index (χ1) is 14.0. The number of rotatable bonds is 5. The molecule has 4 rings (SSSR count). The van der Waals surface area contributed by atoms with Crippen molar-refractivity contribution in [1.82, 2.24) is 9.61 Å². The number of hydrogen-bond acceptors (Lipinski definition) is 3. The molecule has 29 heavy (non-hydrogen) atoms. The Kier molecular flexibility index (Phi) is 6.82. The molecule has 1 aliphatic carbocycles. The van der Waals surface area contributed by atoms with Crippen LogP contribution in [0.15, 0.2) is 48.7 Å². The van der Waals surface area contributed by atoms with Crippen LogP contribution in [-0.2, 0) is 4.79 Å². The molecule has 1 fully saturated rings. The summed E-state index contributed by atoms with van der Waals surface area (Å²) in [6.07, 6.45) is 7.04. The Morgan fingerprint density at radius 1 is 1.28 bits per heavy atom. The summed E-state index contributed by atoms with van der Waals surface area (Å²) in [6.45, 7) is 6.08. The van der Waals surface area contributed by atoms with Gasteiger partial charge in [-0.3, -0.25) is 4.79 Å². The van der Waals surface area contributed by atoms with Gasteiger partial charge in [-0.15, -0.1) is 0 Å². The third-order valence-electron chi connectivity index (χ3n) is 5.80. The van der Waals surface area contributed by atoms with Gasteiger partial charge in [-0.05, 0) is 49.3 Å². The van der Waals surface area contributed by atoms with E-state index in [9.17, 15) is 4.79 Å². The van der Waals surface area contributed by atoms with Gasteiger partial charge in [-0.2, -0.15) is 10.4 Å². The van der Waals surface area contributed by atoms with Crippen LogP contribution in [0.5, 0.6) is 0 Å². The zero-order chi connectivity index (χ0) is 20.8. The highest BCUT2D eigenvalue weighted by Gasteiger charge is 2.25. The second kappa shape index (κ2) is 9.52. The van der Waals surface area contributed by atoms with Crippen LogP contribution >= 0.6 is 0 Å². The molecule has 0 radical (unpaired) electrons. The fourth-order valence-corrected chi connectivity index (χ4v) is 3.84. The number of fused-ring (bicyclic) bond motifs is 1. The minimum atomic E-state index is 0.344. The lowest BCUT2D eigenvalue weighted by Gasteiger charge is -2.25. The van der Waals surface area contributed by atoms with Crippen LogP contribution in [0.25, 0.3) is 5.52 Å². The average Bonchev–Trinajstić information content (AvgIpc) is 3.03. The first kappa shape index (κ1) is 20.8. The van der Waals surface area contributed by atoms with Crippen molar-refractivity contribution in [3.63, 3.8) is 0 Å². The molecule has 1 aliphatic rings. The molecule has 0 spiro atoms. The van der Waals surface area contributed by atoms with Gasteiger partial charge in [-0.25, -0.2) is 4.52 Å². The number of aromatic nitrogens is 2. The van der Waals surface area contributed by atoms with Gasteiger partial charge in [0.05, 0.1) is 22.8 Å². The second-order valence-corrected chi connectivity index (χ2v) is 7.89. The maximum atomic E-state index is 11.2. The third-order valence-corrected chi connectivity index (χ3v) is 5.80. The largest absolute Gasteiger partial charge is 0.300 e. The van der Waals surface area contributed by atoms with Crippen molar-refractivity contribution in [2.75, 3.05) is 0 Å². The zero-order valence-corrected chi connectivity index (χ0v) is 17.6. The Hall–Kier alpha value is -2.93. The molecule has 0 saturated heterocycles. The highest BCUT2D eigenvalue weighted by molar-refractivity contribution is 5.78. The van der Waals surface area contributed by atoms with Crippen LogP contribution in [0.1, 0.15) is 80.2 Å². The molecule has 0 amide bonds. The van der Waals surface area contributed by atoms with Crippen molar-refractivity contribution >= 4 is 11.3 Å². The number of benzene rings is 1. The van der Waals surface area contributed by atoms with Crippen molar-refractivity contribution < 1.29 is 4.79 Å². The smallest absolute Gasteiger partial charge is 0.133 e. The second-order valence-electron chi connectivity index (χ2n) is 7.89. The number of aryl methyl sites for hydroxylation is 1. The number of hydrogen-bond donors (Lipinski definition) is 0. The van der Waals surface area contributed by atoms with E-state index >= 15 is 0 Å². The number of ketones is 1. The van der Waals surface area contributed by atoms with E-state index in [1.165, 1.54) is 30.4 Å². The van der Waals surface area contributed by atoms with Gasteiger partial charge in [0.2, 0.25) is 0 Å². The van der Waals surface area contributed by atoms with E-state index in [2.05, 4.69) is 37.1 Å². The van der Waals surface area contributed by atoms with Crippen molar-refractivity contribution in [3.05, 3.63) is 71.0 Å². The predicted octanol–water partition coefficient (Wildman–Crippen LogP) is 5.94. The van der Waals surface area contributed by atoms with Crippen molar-refractivity contribution in [1.29, 1.82) is 5.26 Å². The van der Waals surface area contributed by atoms with Crippen LogP contribution in [0.4, 0.5) is 0 Å². The molecule has 0 N–H and O–H groups in total. The van der Waals surface area contributed by atoms with Gasteiger partial charge in [0.15, 0.2) is 0 Å². The van der Waals surface area contributed by atoms with E-state index in [-0.39, 0.29) is 0 Å². The van der Waals surface area contributed by atoms with Gasteiger partial charge in [0.25, 0.3) is 0 Å². The molecule has 1 unspecified atom stereocenters. The lowest BCUT2D eigenvalue weighted by atomic mass is 9.79. The number of nitriles is 1. The minimum absolute atomic E-state index is 0.344. The summed E-state index contributed by atoms with van der Waals surface area (Å²) in [5.74, 6) is 1.36. The zero-order valence-electron chi connectivity index (χ0n) is 17.6. The van der Waals surface area contributed by atoms with E-state index in [0.717, 1.165) is 11.2 Å². The van der Waals surface area contributed by atoms with Crippen LogP contribution in [0.3, 0.4) is 0 Å². The summed E-state index contributed by atoms with van der Waals surface area (Å²) >= 11 is 0. The summed E-state index contributed by atoms with van der Waals surface area (Å²) in [7, 11) is 0. The quantitative estimate of drug-likeness (QED) is 0.544. The van der Waals surface area contributed by atoms with Crippen LogP contribution in [-0.4, -0.2) is 15.4 Å². The van der Waals surface area contributed by atoms with E-state index in [0.29, 0.717) is 36.0 Å². The maximum absolute atomic E-state index is 11.2. The fourth-order valence-electron chi connectivity index (χ4n) is 3.84. The summed E-state index contributed by atoms with van der Waals surface area (Å²) in [5, 5.41) is 13.4. The number of carbonyl (C=O) groups excluding carboxylic acids is 1. The van der Waals surface area contributed by atoms with Crippen molar-refractivity contribution in [3.8, 4) is 6.07 Å². The van der Waals surface area contributed by atoms with Gasteiger partial charge in [-0.1, -0.05) is 50.6 Å². The SMILES string of the molecule is CCC(=O)CC(C)c1ccccc1.Cc1nn2ccc(C#N)cc2c1C1CCC1. The van der Waals surface area contributed by atoms with Crippen LogP contribution < -0.4 is 0 Å². The first-order valence-corrected chi connectivity index (χ1v) is 10.5. The van der Waals surface area contributed by atoms with E-state index in [4.69, 9.17) is 5.26 Å². The molecule has 0 bridgehead atoms. The molecule has 3 aromatic rings. The lowest BCUT2D eigenvalue weighted by Crippen LogP contribution is -2.09. The molecule has 1 aromatic carbocycles. The maximum Gasteiger partial charge on any atom is 0.133 e. The average molecular weight is 388 g/mol. The van der Waals surface area contributed by atoms with Crippen LogP contribution in [0, 0.1) is 18.3 Å². The van der Waals surface area contributed by atoms with Gasteiger partial charge in [0.1, 0.15) is 5.78 Å². The third kappa shape index (κ3) is 4.92. The molecule has 1 saturated carbocycles. The first-order valence-electron chi connectivity index (χ1n) is 10.5. The van der Waals surface area contributed by atoms with Gasteiger partial charge >= 0.3 is 0 Å². The Balaban J connectivity index is 0.000000170. The highest BCUT2D eigenvalue weighted by atomic mass is 16.1. The standard InChI is InChI=1S/C13H13N3.C12H16O/c1-9-13(11-3-2-4-11)12-7-10(8-14)5-6-16(12)15-9;1-3-12(13)9-10(2)11-7-5-4-6-8-11/h5-7,11H,2-4H2,1H3;4-8,10H,3,9H2,1-2H3. The molecule has 1 atom stereocenters. The fraction of sp³-hybridized carbons (Fsp3) is 0.400. The molecule has 2 aromatic heterocycles. The monoisotopic (exact) mass is 387 g/mol. The predicted molar refractivity (Wildman–Crippen MR) is 116 cm³/mol. The molecular weight excluding hydrogens is 358 g/mol. The number of carbonyl (C=O) groups is 1. The van der Waals surface area contributed by atoms with Gasteiger partial charge in [0, 0.05) is 24.6 Å². The van der Waals surface area contributed by atoms with Crippen molar-refractivity contribution in [2.45, 2.75) is 64.7 Å². The summed E-state index contributed by atoms with van der Waals surface area (Å²) in [6, 6.07) is 16.1. The molecular formula is C25H29N3O. The lowest BCUT2D eigenvalue weighted by molar-refractivity contribution is -0.119. The molecule has 4 nitrogen and oxygen atoms in total. The summed E-state index contributed by atoms with van der Waals surface area (Å²) < 4.78 is 1.89. The molecule has 150 valence electrons. The van der Waals surface area contributed by atoms with Crippen molar-refractivity contribution in [2.24, 2.45) is 0 Å².